The lowest BCUT2D eigenvalue weighted by atomic mass is 10.1. The van der Waals surface area contributed by atoms with Crippen molar-refractivity contribution in [3.05, 3.63) is 0 Å². The van der Waals surface area contributed by atoms with Crippen LogP contribution in [0.25, 0.3) is 0 Å². The Morgan fingerprint density at radius 1 is 1.18 bits per heavy atom. The van der Waals surface area contributed by atoms with Gasteiger partial charge in [-0.05, 0) is 26.9 Å². The SMILES string of the molecule is CC(C)C(C)NCCN(C)C. The Morgan fingerprint density at radius 2 is 1.73 bits per heavy atom. The molecule has 2 nitrogen and oxygen atoms in total. The van der Waals surface area contributed by atoms with Crippen molar-refractivity contribution in [2.45, 2.75) is 26.8 Å². The van der Waals surface area contributed by atoms with Crippen LogP contribution in [0.5, 0.6) is 0 Å². The minimum absolute atomic E-state index is 0.634. The van der Waals surface area contributed by atoms with Gasteiger partial charge >= 0.3 is 0 Å². The number of likely N-dealkylation sites (N-methyl/N-ethyl adjacent to an activating group) is 1. The summed E-state index contributed by atoms with van der Waals surface area (Å²) >= 11 is 0. The monoisotopic (exact) mass is 158 g/mol. The molecule has 0 bridgehead atoms. The molecule has 0 fully saturated rings. The van der Waals surface area contributed by atoms with Crippen LogP contribution < -0.4 is 5.32 Å². The quantitative estimate of drug-likeness (QED) is 0.646. The van der Waals surface area contributed by atoms with E-state index in [0.717, 1.165) is 19.0 Å². The number of rotatable bonds is 5. The molecule has 0 heterocycles. The van der Waals surface area contributed by atoms with Crippen LogP contribution in [0.4, 0.5) is 0 Å². The molecule has 0 rings (SSSR count). The van der Waals surface area contributed by atoms with Crippen molar-refractivity contribution in [2.24, 2.45) is 5.92 Å². The number of hydrogen-bond acceptors (Lipinski definition) is 2. The largest absolute Gasteiger partial charge is 0.313 e. The van der Waals surface area contributed by atoms with Crippen molar-refractivity contribution < 1.29 is 0 Å². The Labute approximate surface area is 71.0 Å². The van der Waals surface area contributed by atoms with E-state index in [1.807, 2.05) is 0 Å². The molecule has 2 heteroatoms. The van der Waals surface area contributed by atoms with Gasteiger partial charge in [-0.3, -0.25) is 0 Å². The van der Waals surface area contributed by atoms with Crippen molar-refractivity contribution in [3.8, 4) is 0 Å². The second kappa shape index (κ2) is 5.56. The summed E-state index contributed by atoms with van der Waals surface area (Å²) in [4.78, 5) is 2.19. The van der Waals surface area contributed by atoms with Gasteiger partial charge in [-0.1, -0.05) is 13.8 Å². The molecule has 1 N–H and O–H groups in total. The molecule has 0 amide bonds. The maximum atomic E-state index is 3.47. The lowest BCUT2D eigenvalue weighted by molar-refractivity contribution is 0.362. The molecule has 1 unspecified atom stereocenters. The Morgan fingerprint density at radius 3 is 2.09 bits per heavy atom. The molecule has 0 saturated heterocycles. The number of nitrogens with one attached hydrogen (secondary N) is 1. The van der Waals surface area contributed by atoms with E-state index in [4.69, 9.17) is 0 Å². The summed E-state index contributed by atoms with van der Waals surface area (Å²) in [5.41, 5.74) is 0. The van der Waals surface area contributed by atoms with Crippen molar-refractivity contribution >= 4 is 0 Å². The number of nitrogens with zero attached hydrogens (tertiary/aromatic N) is 1. The Balaban J connectivity index is 3.24. The molecule has 11 heavy (non-hydrogen) atoms. The zero-order chi connectivity index (χ0) is 8.85. The van der Waals surface area contributed by atoms with Crippen LogP contribution in [0.1, 0.15) is 20.8 Å². The predicted octanol–water partition coefficient (Wildman–Crippen LogP) is 1.18. The Bertz CT molecular complexity index is 89.6. The van der Waals surface area contributed by atoms with Gasteiger partial charge in [0.2, 0.25) is 0 Å². The summed E-state index contributed by atoms with van der Waals surface area (Å²) in [5.74, 6) is 0.733. The molecule has 0 aliphatic rings. The van der Waals surface area contributed by atoms with E-state index in [1.54, 1.807) is 0 Å². The highest BCUT2D eigenvalue weighted by molar-refractivity contribution is 4.64. The molecule has 0 aromatic rings. The van der Waals surface area contributed by atoms with Crippen LogP contribution in [0.2, 0.25) is 0 Å². The van der Waals surface area contributed by atoms with Gasteiger partial charge in [0.15, 0.2) is 0 Å². The second-order valence-corrected chi connectivity index (χ2v) is 3.79. The molecule has 1 atom stereocenters. The van der Waals surface area contributed by atoms with Crippen LogP contribution >= 0.6 is 0 Å². The Kier molecular flexibility index (Phi) is 5.51. The molecule has 0 aliphatic heterocycles. The van der Waals surface area contributed by atoms with Crippen LogP contribution in [-0.2, 0) is 0 Å². The third-order valence-electron chi connectivity index (χ3n) is 2.03. The van der Waals surface area contributed by atoms with Gasteiger partial charge in [-0.25, -0.2) is 0 Å². The van der Waals surface area contributed by atoms with Crippen LogP contribution in [0.3, 0.4) is 0 Å². The highest BCUT2D eigenvalue weighted by Crippen LogP contribution is 1.98. The molecule has 0 saturated carbocycles. The molecule has 0 aliphatic carbocycles. The van der Waals surface area contributed by atoms with Gasteiger partial charge in [0, 0.05) is 19.1 Å². The smallest absolute Gasteiger partial charge is 0.0101 e. The van der Waals surface area contributed by atoms with Gasteiger partial charge in [-0.15, -0.1) is 0 Å². The minimum atomic E-state index is 0.634. The van der Waals surface area contributed by atoms with Gasteiger partial charge in [0.05, 0.1) is 0 Å². The van der Waals surface area contributed by atoms with Crippen LogP contribution in [-0.4, -0.2) is 38.1 Å². The summed E-state index contributed by atoms with van der Waals surface area (Å²) in [6.45, 7) is 8.93. The molecular formula is C9H22N2. The maximum Gasteiger partial charge on any atom is 0.0101 e. The average molecular weight is 158 g/mol. The fourth-order valence-corrected chi connectivity index (χ4v) is 0.752. The van der Waals surface area contributed by atoms with Crippen LogP contribution in [0, 0.1) is 5.92 Å². The highest BCUT2D eigenvalue weighted by atomic mass is 15.1. The zero-order valence-corrected chi connectivity index (χ0v) is 8.52. The molecule has 0 spiro atoms. The van der Waals surface area contributed by atoms with Crippen molar-refractivity contribution in [1.29, 1.82) is 0 Å². The highest BCUT2D eigenvalue weighted by Gasteiger charge is 2.04. The molecule has 0 aromatic carbocycles. The fourth-order valence-electron chi connectivity index (χ4n) is 0.752. The third kappa shape index (κ3) is 6.32. The lowest BCUT2D eigenvalue weighted by Gasteiger charge is -2.18. The van der Waals surface area contributed by atoms with E-state index in [2.05, 4.69) is 45.1 Å². The molecular weight excluding hydrogens is 136 g/mol. The van der Waals surface area contributed by atoms with E-state index in [1.165, 1.54) is 0 Å². The zero-order valence-electron chi connectivity index (χ0n) is 8.52. The minimum Gasteiger partial charge on any atom is -0.313 e. The molecule has 68 valence electrons. The van der Waals surface area contributed by atoms with E-state index in [-0.39, 0.29) is 0 Å². The topological polar surface area (TPSA) is 15.3 Å². The fraction of sp³-hybridized carbons (Fsp3) is 1.00. The third-order valence-corrected chi connectivity index (χ3v) is 2.03. The first-order valence-corrected chi connectivity index (χ1v) is 4.42. The summed E-state index contributed by atoms with van der Waals surface area (Å²) in [7, 11) is 4.20. The summed E-state index contributed by atoms with van der Waals surface area (Å²) in [6.07, 6.45) is 0. The summed E-state index contributed by atoms with van der Waals surface area (Å²) < 4.78 is 0. The lowest BCUT2D eigenvalue weighted by Crippen LogP contribution is -2.35. The van der Waals surface area contributed by atoms with Crippen molar-refractivity contribution in [1.82, 2.24) is 10.2 Å². The van der Waals surface area contributed by atoms with Crippen LogP contribution in [0.15, 0.2) is 0 Å². The molecule has 0 aromatic heterocycles. The number of hydrogen-bond donors (Lipinski definition) is 1. The first-order chi connectivity index (χ1) is 5.04. The normalized spacial score (nSPS) is 14.5. The van der Waals surface area contributed by atoms with Crippen molar-refractivity contribution in [2.75, 3.05) is 27.2 Å². The maximum absolute atomic E-state index is 3.47. The Hall–Kier alpha value is -0.0800. The second-order valence-electron chi connectivity index (χ2n) is 3.79. The predicted molar refractivity (Wildman–Crippen MR) is 50.9 cm³/mol. The first kappa shape index (κ1) is 10.9. The van der Waals surface area contributed by atoms with E-state index in [9.17, 15) is 0 Å². The van der Waals surface area contributed by atoms with Gasteiger partial charge in [-0.2, -0.15) is 0 Å². The van der Waals surface area contributed by atoms with Gasteiger partial charge in [0.1, 0.15) is 0 Å². The first-order valence-electron chi connectivity index (χ1n) is 4.42. The van der Waals surface area contributed by atoms with Gasteiger partial charge < -0.3 is 10.2 Å². The van der Waals surface area contributed by atoms with Crippen molar-refractivity contribution in [3.63, 3.8) is 0 Å². The van der Waals surface area contributed by atoms with Gasteiger partial charge in [0.25, 0.3) is 0 Å². The average Bonchev–Trinajstić information content (AvgIpc) is 1.86. The van der Waals surface area contributed by atoms with E-state index in [0.29, 0.717) is 6.04 Å². The van der Waals surface area contributed by atoms with E-state index >= 15 is 0 Å². The molecule has 0 radical (unpaired) electrons. The van der Waals surface area contributed by atoms with E-state index < -0.39 is 0 Å². The summed E-state index contributed by atoms with van der Waals surface area (Å²) in [5, 5.41) is 3.47. The standard InChI is InChI=1S/C9H22N2/c1-8(2)9(3)10-6-7-11(4)5/h8-10H,6-7H2,1-5H3. The summed E-state index contributed by atoms with van der Waals surface area (Å²) in [6, 6.07) is 0.634.